The SMILES string of the molecule is CC(CCCCCN=[N+]=[N-])OC(=O)ON1C(=O)CCC1=O. The molecular weight excluding hydrogens is 280 g/mol. The van der Waals surface area contributed by atoms with Crippen molar-refractivity contribution >= 4 is 18.0 Å². The van der Waals surface area contributed by atoms with Crippen LogP contribution in [-0.4, -0.2) is 35.7 Å². The normalized spacial score (nSPS) is 15.6. The second-order valence-electron chi connectivity index (χ2n) is 4.66. The number of unbranched alkanes of at least 4 members (excludes halogenated alkanes) is 2. The van der Waals surface area contributed by atoms with E-state index in [1.807, 2.05) is 0 Å². The molecular formula is C12H18N4O5. The van der Waals surface area contributed by atoms with E-state index in [4.69, 9.17) is 10.3 Å². The monoisotopic (exact) mass is 298 g/mol. The lowest BCUT2D eigenvalue weighted by molar-refractivity contribution is -0.178. The Bertz CT molecular complexity index is 431. The third-order valence-electron chi connectivity index (χ3n) is 2.90. The molecule has 1 unspecified atom stereocenters. The molecule has 1 aliphatic heterocycles. The first kappa shape index (κ1) is 16.8. The molecule has 0 aromatic rings. The number of nitrogens with zero attached hydrogens (tertiary/aromatic N) is 4. The van der Waals surface area contributed by atoms with Gasteiger partial charge in [0, 0.05) is 24.3 Å². The molecule has 116 valence electrons. The number of hydrogen-bond donors (Lipinski definition) is 0. The van der Waals surface area contributed by atoms with Gasteiger partial charge in [-0.05, 0) is 31.7 Å². The van der Waals surface area contributed by atoms with Crippen LogP contribution in [0.2, 0.25) is 0 Å². The first-order valence-electron chi connectivity index (χ1n) is 6.80. The maximum Gasteiger partial charge on any atom is 0.534 e. The summed E-state index contributed by atoms with van der Waals surface area (Å²) in [6.45, 7) is 2.15. The van der Waals surface area contributed by atoms with Crippen molar-refractivity contribution in [1.82, 2.24) is 5.06 Å². The highest BCUT2D eigenvalue weighted by molar-refractivity contribution is 6.01. The van der Waals surface area contributed by atoms with Crippen LogP contribution in [0.3, 0.4) is 0 Å². The van der Waals surface area contributed by atoms with E-state index in [2.05, 4.69) is 14.9 Å². The van der Waals surface area contributed by atoms with Crippen LogP contribution in [0, 0.1) is 0 Å². The van der Waals surface area contributed by atoms with Gasteiger partial charge >= 0.3 is 6.16 Å². The predicted octanol–water partition coefficient (Wildman–Crippen LogP) is 2.46. The number of ether oxygens (including phenoxy) is 1. The summed E-state index contributed by atoms with van der Waals surface area (Å²) in [5.41, 5.74) is 8.10. The summed E-state index contributed by atoms with van der Waals surface area (Å²) in [7, 11) is 0. The van der Waals surface area contributed by atoms with E-state index in [0.29, 0.717) is 18.0 Å². The van der Waals surface area contributed by atoms with Crippen LogP contribution in [0.25, 0.3) is 10.4 Å². The second-order valence-corrected chi connectivity index (χ2v) is 4.66. The number of imide groups is 1. The zero-order valence-electron chi connectivity index (χ0n) is 11.9. The van der Waals surface area contributed by atoms with Crippen LogP contribution in [0.15, 0.2) is 5.11 Å². The second kappa shape index (κ2) is 8.80. The zero-order valence-corrected chi connectivity index (χ0v) is 11.9. The summed E-state index contributed by atoms with van der Waals surface area (Å²) in [4.78, 5) is 41.1. The maximum absolute atomic E-state index is 11.4. The Morgan fingerprint density at radius 3 is 2.62 bits per heavy atom. The van der Waals surface area contributed by atoms with Crippen molar-refractivity contribution in [2.24, 2.45) is 5.11 Å². The molecule has 9 nitrogen and oxygen atoms in total. The molecule has 0 bridgehead atoms. The molecule has 9 heteroatoms. The van der Waals surface area contributed by atoms with Gasteiger partial charge in [0.1, 0.15) is 6.10 Å². The molecule has 1 saturated heterocycles. The van der Waals surface area contributed by atoms with Crippen molar-refractivity contribution in [2.45, 2.75) is 51.6 Å². The van der Waals surface area contributed by atoms with Crippen LogP contribution in [0.1, 0.15) is 45.4 Å². The molecule has 0 N–H and O–H groups in total. The number of hydrogen-bond acceptors (Lipinski definition) is 6. The maximum atomic E-state index is 11.4. The summed E-state index contributed by atoms with van der Waals surface area (Å²) in [5, 5.41) is 3.87. The van der Waals surface area contributed by atoms with Crippen molar-refractivity contribution in [3.63, 3.8) is 0 Å². The molecule has 0 aromatic carbocycles. The summed E-state index contributed by atoms with van der Waals surface area (Å²) in [6.07, 6.45) is 1.71. The summed E-state index contributed by atoms with van der Waals surface area (Å²) >= 11 is 0. The quantitative estimate of drug-likeness (QED) is 0.170. The highest BCUT2D eigenvalue weighted by Crippen LogP contribution is 2.14. The van der Waals surface area contributed by atoms with Crippen molar-refractivity contribution in [2.75, 3.05) is 6.54 Å². The molecule has 1 rings (SSSR count). The Morgan fingerprint density at radius 2 is 2.00 bits per heavy atom. The van der Waals surface area contributed by atoms with Crippen molar-refractivity contribution < 1.29 is 24.0 Å². The first-order valence-corrected chi connectivity index (χ1v) is 6.80. The van der Waals surface area contributed by atoms with Crippen LogP contribution >= 0.6 is 0 Å². The largest absolute Gasteiger partial charge is 0.534 e. The third-order valence-corrected chi connectivity index (χ3v) is 2.90. The van der Waals surface area contributed by atoms with Gasteiger partial charge < -0.3 is 4.74 Å². The van der Waals surface area contributed by atoms with E-state index in [0.717, 1.165) is 19.3 Å². The molecule has 0 saturated carbocycles. The minimum Gasteiger partial charge on any atom is -0.430 e. The standard InChI is InChI=1S/C12H18N4O5/c1-9(5-3-2-4-8-14-15-13)20-12(19)21-16-10(17)6-7-11(16)18/h9H,2-8H2,1H3. The lowest BCUT2D eigenvalue weighted by Gasteiger charge is -2.16. The molecule has 2 amide bonds. The number of carbonyl (C=O) groups excluding carboxylic acids is 3. The topological polar surface area (TPSA) is 122 Å². The molecule has 1 aliphatic rings. The fraction of sp³-hybridized carbons (Fsp3) is 0.750. The predicted molar refractivity (Wildman–Crippen MR) is 70.6 cm³/mol. The summed E-state index contributed by atoms with van der Waals surface area (Å²) < 4.78 is 4.95. The lowest BCUT2D eigenvalue weighted by Crippen LogP contribution is -2.33. The van der Waals surface area contributed by atoms with Gasteiger partial charge in [0.2, 0.25) is 0 Å². The highest BCUT2D eigenvalue weighted by Gasteiger charge is 2.33. The molecule has 1 heterocycles. The van der Waals surface area contributed by atoms with Gasteiger partial charge in [-0.2, -0.15) is 0 Å². The van der Waals surface area contributed by atoms with Crippen LogP contribution in [0.4, 0.5) is 4.79 Å². The third kappa shape index (κ3) is 6.13. The lowest BCUT2D eigenvalue weighted by atomic mass is 10.1. The Kier molecular flexibility index (Phi) is 7.03. The summed E-state index contributed by atoms with van der Waals surface area (Å²) in [6, 6.07) is 0. The van der Waals surface area contributed by atoms with Crippen LogP contribution < -0.4 is 0 Å². The number of hydroxylamine groups is 2. The van der Waals surface area contributed by atoms with E-state index in [-0.39, 0.29) is 18.9 Å². The number of azide groups is 1. The molecule has 0 aromatic heterocycles. The Labute approximate surface area is 121 Å². The molecule has 0 aliphatic carbocycles. The van der Waals surface area contributed by atoms with E-state index in [9.17, 15) is 14.4 Å². The fourth-order valence-corrected chi connectivity index (χ4v) is 1.81. The van der Waals surface area contributed by atoms with Crippen LogP contribution in [0.5, 0.6) is 0 Å². The van der Waals surface area contributed by atoms with Gasteiger partial charge in [-0.15, -0.1) is 0 Å². The number of amides is 2. The van der Waals surface area contributed by atoms with E-state index in [1.54, 1.807) is 6.92 Å². The minimum absolute atomic E-state index is 0.0485. The molecule has 1 fully saturated rings. The number of carbonyl (C=O) groups is 3. The Hall–Kier alpha value is -2.28. The Balaban J connectivity index is 2.17. The van der Waals surface area contributed by atoms with Gasteiger partial charge in [-0.1, -0.05) is 16.6 Å². The first-order chi connectivity index (χ1) is 10.0. The zero-order chi connectivity index (χ0) is 15.7. The van der Waals surface area contributed by atoms with E-state index >= 15 is 0 Å². The van der Waals surface area contributed by atoms with Crippen molar-refractivity contribution in [3.8, 4) is 0 Å². The van der Waals surface area contributed by atoms with Gasteiger partial charge in [-0.25, -0.2) is 4.79 Å². The molecule has 21 heavy (non-hydrogen) atoms. The van der Waals surface area contributed by atoms with E-state index in [1.165, 1.54) is 0 Å². The molecule has 0 radical (unpaired) electrons. The van der Waals surface area contributed by atoms with E-state index < -0.39 is 18.0 Å². The minimum atomic E-state index is -1.06. The van der Waals surface area contributed by atoms with Crippen molar-refractivity contribution in [3.05, 3.63) is 10.4 Å². The van der Waals surface area contributed by atoms with Gasteiger partial charge in [0.15, 0.2) is 0 Å². The average molecular weight is 298 g/mol. The van der Waals surface area contributed by atoms with Gasteiger partial charge in [0.25, 0.3) is 11.8 Å². The molecule has 0 spiro atoms. The summed E-state index contributed by atoms with van der Waals surface area (Å²) in [5.74, 6) is -1.08. The van der Waals surface area contributed by atoms with Crippen LogP contribution in [-0.2, 0) is 19.2 Å². The number of rotatable bonds is 8. The smallest absolute Gasteiger partial charge is 0.430 e. The fourth-order valence-electron chi connectivity index (χ4n) is 1.81. The van der Waals surface area contributed by atoms with Crippen molar-refractivity contribution in [1.29, 1.82) is 0 Å². The Morgan fingerprint density at radius 1 is 1.33 bits per heavy atom. The highest BCUT2D eigenvalue weighted by atomic mass is 16.8. The average Bonchev–Trinajstić information content (AvgIpc) is 2.74. The van der Waals surface area contributed by atoms with Gasteiger partial charge in [-0.3, -0.25) is 14.4 Å². The van der Waals surface area contributed by atoms with Gasteiger partial charge in [0.05, 0.1) is 0 Å². The molecule has 1 atom stereocenters.